The fourth-order valence-electron chi connectivity index (χ4n) is 3.56. The normalized spacial score (nSPS) is 24.7. The van der Waals surface area contributed by atoms with Crippen molar-refractivity contribution in [3.8, 4) is 0 Å². The zero-order chi connectivity index (χ0) is 19.4. The molecule has 1 N–H and O–H groups in total. The zero-order valence-electron chi connectivity index (χ0n) is 16.0. The molecule has 3 aliphatic rings. The number of nitrogens with zero attached hydrogens (tertiary/aromatic N) is 2. The molecule has 2 saturated heterocycles. The molecule has 2 heterocycles. The Morgan fingerprint density at radius 3 is 2.81 bits per heavy atom. The number of amides is 1. The summed E-state index contributed by atoms with van der Waals surface area (Å²) in [6, 6.07) is 0.0645. The lowest BCUT2D eigenvalue weighted by molar-refractivity contribution is -0.123. The van der Waals surface area contributed by atoms with Crippen LogP contribution in [0.5, 0.6) is 0 Å². The topological polar surface area (TPSA) is 35.6 Å². The molecule has 3 rings (SSSR count). The largest absolute Gasteiger partial charge is 0.378 e. The van der Waals surface area contributed by atoms with Gasteiger partial charge in [-0.1, -0.05) is 49.9 Å². The third kappa shape index (κ3) is 4.73. The molecule has 142 valence electrons. The number of rotatable bonds is 9. The fraction of sp³-hybridized carbons (Fsp3) is 0.476. The minimum absolute atomic E-state index is 0.0645. The molecule has 1 amide bonds. The zero-order valence-corrected chi connectivity index (χ0v) is 16.8. The molecule has 0 aromatic carbocycles. The van der Waals surface area contributed by atoms with E-state index in [1.165, 1.54) is 5.57 Å². The molecule has 2 aliphatic heterocycles. The van der Waals surface area contributed by atoms with Gasteiger partial charge in [0.2, 0.25) is 5.91 Å². The van der Waals surface area contributed by atoms with Crippen molar-refractivity contribution >= 4 is 25.7 Å². The average molecular weight is 381 g/mol. The van der Waals surface area contributed by atoms with E-state index in [2.05, 4.69) is 48.2 Å². The molecule has 2 atom stereocenters. The number of carbonyl (C=O) groups is 1. The first-order valence-corrected chi connectivity index (χ1v) is 10.4. The molecule has 2 radical (unpaired) electrons. The number of hydrogen-bond donors (Lipinski definition) is 1. The first kappa shape index (κ1) is 19.9. The highest BCUT2D eigenvalue weighted by Gasteiger charge is 2.45. The quantitative estimate of drug-likeness (QED) is 0.375. The molecule has 0 bridgehead atoms. The summed E-state index contributed by atoms with van der Waals surface area (Å²) < 4.78 is 1.89. The number of nitrogens with one attached hydrogen (secondary N) is 1. The maximum Gasteiger partial charge on any atom is 0.232 e. The summed E-state index contributed by atoms with van der Waals surface area (Å²) in [5.41, 5.74) is 4.25. The van der Waals surface area contributed by atoms with E-state index in [0.717, 1.165) is 49.2 Å². The Labute approximate surface area is 168 Å². The predicted molar refractivity (Wildman–Crippen MR) is 115 cm³/mol. The number of carbonyl (C=O) groups excluding carboxylic acids is 1. The van der Waals surface area contributed by atoms with Crippen LogP contribution in [-0.2, 0) is 4.79 Å². The standard InChI is InChI=1S/C21H28BN3OS/c1-15(13-22)14-24-17(3)20(21(24)27-25-11-7-10-19(25)26)23-16(2)12-18-8-5-4-6-9-18/h5,8-9,20-21,23H,1-4,6-7,10-14H2/t20-,21?/m1/s1. The summed E-state index contributed by atoms with van der Waals surface area (Å²) in [6.45, 7) is 14.0. The second-order valence-electron chi connectivity index (χ2n) is 7.33. The SMILES string of the molecule is [B]CC(=C)CN1C(=C)[C@@H](NC(=C)CC2=CCCC=C2)C1SN1CCCC1=O. The van der Waals surface area contributed by atoms with Crippen molar-refractivity contribution in [3.63, 3.8) is 0 Å². The van der Waals surface area contributed by atoms with E-state index >= 15 is 0 Å². The summed E-state index contributed by atoms with van der Waals surface area (Å²) in [5, 5.41) is 3.64. The van der Waals surface area contributed by atoms with Crippen LogP contribution < -0.4 is 5.32 Å². The van der Waals surface area contributed by atoms with Gasteiger partial charge in [0.15, 0.2) is 0 Å². The van der Waals surface area contributed by atoms with Gasteiger partial charge in [0.1, 0.15) is 5.37 Å². The van der Waals surface area contributed by atoms with E-state index in [1.54, 1.807) is 11.9 Å². The molecule has 27 heavy (non-hydrogen) atoms. The fourth-order valence-corrected chi connectivity index (χ4v) is 4.93. The number of likely N-dealkylation sites (tertiary alicyclic amines) is 1. The van der Waals surface area contributed by atoms with Crippen LogP contribution >= 0.6 is 11.9 Å². The van der Waals surface area contributed by atoms with Gasteiger partial charge in [-0.3, -0.25) is 9.10 Å². The van der Waals surface area contributed by atoms with E-state index < -0.39 is 0 Å². The Hall–Kier alpha value is -1.82. The summed E-state index contributed by atoms with van der Waals surface area (Å²) in [4.78, 5) is 14.3. The van der Waals surface area contributed by atoms with Gasteiger partial charge in [0.25, 0.3) is 0 Å². The van der Waals surface area contributed by atoms with Crippen molar-refractivity contribution in [2.45, 2.75) is 49.8 Å². The van der Waals surface area contributed by atoms with Gasteiger partial charge in [0.05, 0.1) is 13.9 Å². The molecule has 6 heteroatoms. The molecule has 1 aliphatic carbocycles. The molecular formula is C21H28BN3OS. The van der Waals surface area contributed by atoms with Crippen molar-refractivity contribution in [1.29, 1.82) is 0 Å². The van der Waals surface area contributed by atoms with E-state index in [-0.39, 0.29) is 17.3 Å². The lowest BCUT2D eigenvalue weighted by Crippen LogP contribution is -2.62. The summed E-state index contributed by atoms with van der Waals surface area (Å²) in [5.74, 6) is 0.213. The molecule has 4 nitrogen and oxygen atoms in total. The molecule has 2 fully saturated rings. The van der Waals surface area contributed by atoms with Gasteiger partial charge < -0.3 is 10.2 Å². The maximum atomic E-state index is 12.1. The van der Waals surface area contributed by atoms with Crippen LogP contribution in [0, 0.1) is 0 Å². The number of hydrogen-bond acceptors (Lipinski definition) is 4. The third-order valence-corrected chi connectivity index (χ3v) is 6.50. The maximum absolute atomic E-state index is 12.1. The van der Waals surface area contributed by atoms with E-state index in [1.807, 2.05) is 4.31 Å². The minimum atomic E-state index is 0.0645. The average Bonchev–Trinajstić information content (AvgIpc) is 3.08. The Kier molecular flexibility index (Phi) is 6.58. The van der Waals surface area contributed by atoms with E-state index in [9.17, 15) is 4.79 Å². The van der Waals surface area contributed by atoms with Gasteiger partial charge in [-0.15, -0.1) is 0 Å². The Bertz CT molecular complexity index is 700. The van der Waals surface area contributed by atoms with Crippen molar-refractivity contribution in [1.82, 2.24) is 14.5 Å². The predicted octanol–water partition coefficient (Wildman–Crippen LogP) is 3.69. The monoisotopic (exact) mass is 381 g/mol. The molecule has 0 aromatic heterocycles. The lowest BCUT2D eigenvalue weighted by Gasteiger charge is -2.52. The van der Waals surface area contributed by atoms with Crippen LogP contribution in [0.25, 0.3) is 0 Å². The minimum Gasteiger partial charge on any atom is -0.378 e. The van der Waals surface area contributed by atoms with Crippen molar-refractivity contribution in [2.24, 2.45) is 0 Å². The highest BCUT2D eigenvalue weighted by molar-refractivity contribution is 7.98. The summed E-state index contributed by atoms with van der Waals surface area (Å²) >= 11 is 1.60. The van der Waals surface area contributed by atoms with Gasteiger partial charge in [-0.2, -0.15) is 0 Å². The first-order valence-electron chi connectivity index (χ1n) is 9.58. The Balaban J connectivity index is 1.63. The van der Waals surface area contributed by atoms with Crippen molar-refractivity contribution in [2.75, 3.05) is 13.1 Å². The van der Waals surface area contributed by atoms with Gasteiger partial charge >= 0.3 is 0 Å². The smallest absolute Gasteiger partial charge is 0.232 e. The highest BCUT2D eigenvalue weighted by atomic mass is 32.2. The molecule has 0 spiro atoms. The highest BCUT2D eigenvalue weighted by Crippen LogP contribution is 2.40. The second kappa shape index (κ2) is 8.92. The van der Waals surface area contributed by atoms with Crippen LogP contribution in [-0.4, -0.2) is 47.5 Å². The van der Waals surface area contributed by atoms with Gasteiger partial charge in [0, 0.05) is 37.3 Å². The lowest BCUT2D eigenvalue weighted by atomic mass is 9.95. The van der Waals surface area contributed by atoms with Crippen LogP contribution in [0.2, 0.25) is 6.32 Å². The molecule has 1 unspecified atom stereocenters. The third-order valence-electron chi connectivity index (χ3n) is 5.12. The molecular weight excluding hydrogens is 353 g/mol. The van der Waals surface area contributed by atoms with Crippen LogP contribution in [0.4, 0.5) is 0 Å². The second-order valence-corrected chi connectivity index (χ2v) is 8.46. The number of allylic oxidation sites excluding steroid dienone is 4. The first-order chi connectivity index (χ1) is 13.0. The van der Waals surface area contributed by atoms with Gasteiger partial charge in [-0.25, -0.2) is 0 Å². The van der Waals surface area contributed by atoms with E-state index in [0.29, 0.717) is 19.3 Å². The van der Waals surface area contributed by atoms with Crippen molar-refractivity contribution < 1.29 is 4.79 Å². The van der Waals surface area contributed by atoms with Crippen molar-refractivity contribution in [3.05, 3.63) is 60.5 Å². The summed E-state index contributed by atoms with van der Waals surface area (Å²) in [6.07, 6.45) is 11.7. The van der Waals surface area contributed by atoms with Gasteiger partial charge in [-0.05, 0) is 36.8 Å². The van der Waals surface area contributed by atoms with E-state index in [4.69, 9.17) is 7.85 Å². The summed E-state index contributed by atoms with van der Waals surface area (Å²) in [7, 11) is 5.73. The van der Waals surface area contributed by atoms with Crippen LogP contribution in [0.3, 0.4) is 0 Å². The molecule has 0 aromatic rings. The van der Waals surface area contributed by atoms with Crippen LogP contribution in [0.15, 0.2) is 60.5 Å². The van der Waals surface area contributed by atoms with Crippen LogP contribution in [0.1, 0.15) is 32.1 Å². The Morgan fingerprint density at radius 1 is 1.37 bits per heavy atom. The molecule has 0 saturated carbocycles. The Morgan fingerprint density at radius 2 is 2.19 bits per heavy atom.